The van der Waals surface area contributed by atoms with E-state index in [9.17, 15) is 29.4 Å². The number of benzene rings is 1. The predicted molar refractivity (Wildman–Crippen MR) is 99.1 cm³/mol. The highest BCUT2D eigenvalue weighted by Gasteiger charge is 2.49. The van der Waals surface area contributed by atoms with Crippen LogP contribution in [-0.2, 0) is 0 Å². The third-order valence-corrected chi connectivity index (χ3v) is 6.20. The van der Waals surface area contributed by atoms with Gasteiger partial charge in [-0.1, -0.05) is 6.07 Å². The lowest BCUT2D eigenvalue weighted by Crippen LogP contribution is -2.53. The van der Waals surface area contributed by atoms with E-state index in [4.69, 9.17) is 4.74 Å². The van der Waals surface area contributed by atoms with Gasteiger partial charge in [-0.2, -0.15) is 0 Å². The van der Waals surface area contributed by atoms with Crippen molar-refractivity contribution in [2.45, 2.75) is 38.5 Å². The third kappa shape index (κ3) is 3.37. The first-order valence-corrected chi connectivity index (χ1v) is 9.49. The van der Waals surface area contributed by atoms with E-state index in [1.807, 2.05) is 0 Å². The van der Waals surface area contributed by atoms with Crippen LogP contribution < -0.4 is 10.1 Å². The van der Waals surface area contributed by atoms with Crippen LogP contribution in [0, 0.1) is 10.1 Å². The molecule has 1 aliphatic heterocycles. The average Bonchev–Trinajstić information content (AvgIpc) is 2.94. The maximum absolute atomic E-state index is 12.7. The van der Waals surface area contributed by atoms with Crippen molar-refractivity contribution in [3.05, 3.63) is 55.8 Å². The summed E-state index contributed by atoms with van der Waals surface area (Å²) in [5.74, 6) is -0.929. The molecule has 148 valence electrons. The number of aliphatic hydroxyl groups excluding tert-OH is 1. The molecule has 0 fully saturated rings. The standard InChI is InChI=1S/C18H18N2O7S/c1-9(21)13-8-12-15(28(13)26)14(16(22)18(2,3)27-12)19-17(23)10-5-4-6-11(7-10)20(24)25/h4-8,14,16,22H,1-3H3,(H,19,23)/t14-,16+,28?/m1/s1. The smallest absolute Gasteiger partial charge is 0.270 e. The van der Waals surface area contributed by atoms with Gasteiger partial charge in [0.15, 0.2) is 5.75 Å². The Bertz CT molecular complexity index is 982. The molecule has 10 heteroatoms. The number of ether oxygens (including phenoxy) is 1. The number of nitro groups is 1. The molecule has 1 aromatic heterocycles. The molecule has 3 rings (SSSR count). The molecule has 0 spiro atoms. The number of carbonyl (C=O) groups excluding carboxylic acids is 2. The summed E-state index contributed by atoms with van der Waals surface area (Å²) >= 11 is 0. The van der Waals surface area contributed by atoms with Gasteiger partial charge in [-0.25, -0.2) is 0 Å². The maximum Gasteiger partial charge on any atom is 0.270 e. The SMILES string of the molecule is CC(=O)c1cc2c([s+]1[O-])[C@@H](NC(=O)c1cccc([N+](=O)[O-])c1)[C@H](O)C(C)(C)O2. The van der Waals surface area contributed by atoms with E-state index >= 15 is 0 Å². The lowest BCUT2D eigenvalue weighted by molar-refractivity contribution is -0.384. The number of fused-ring (bicyclic) bond motifs is 1. The van der Waals surface area contributed by atoms with Crippen molar-refractivity contribution in [1.29, 1.82) is 0 Å². The highest BCUT2D eigenvalue weighted by molar-refractivity contribution is 7.27. The minimum atomic E-state index is -1.89. The number of hydrogen-bond donors (Lipinski definition) is 2. The van der Waals surface area contributed by atoms with E-state index in [2.05, 4.69) is 5.32 Å². The molecule has 1 amide bonds. The van der Waals surface area contributed by atoms with Crippen LogP contribution in [0.5, 0.6) is 5.75 Å². The number of nitro benzene ring substituents is 1. The van der Waals surface area contributed by atoms with Gasteiger partial charge >= 0.3 is 0 Å². The minimum Gasteiger partial charge on any atom is -0.590 e. The molecule has 2 N–H and O–H groups in total. The van der Waals surface area contributed by atoms with Crippen molar-refractivity contribution in [2.75, 3.05) is 0 Å². The van der Waals surface area contributed by atoms with Gasteiger partial charge in [-0.05, 0) is 30.7 Å². The Morgan fingerprint density at radius 2 is 2.00 bits per heavy atom. The molecule has 1 aliphatic rings. The van der Waals surface area contributed by atoms with Crippen LogP contribution in [0.4, 0.5) is 5.69 Å². The number of aliphatic hydroxyl groups is 1. The molecule has 0 aliphatic carbocycles. The van der Waals surface area contributed by atoms with E-state index in [0.29, 0.717) is 0 Å². The number of rotatable bonds is 4. The number of thiophene rings is 1. The van der Waals surface area contributed by atoms with Crippen molar-refractivity contribution in [3.8, 4) is 5.75 Å². The van der Waals surface area contributed by atoms with Crippen LogP contribution in [0.2, 0.25) is 0 Å². The summed E-state index contributed by atoms with van der Waals surface area (Å²) in [5.41, 5.74) is -1.38. The highest BCUT2D eigenvalue weighted by Crippen LogP contribution is 2.48. The van der Waals surface area contributed by atoms with Gasteiger partial charge in [0.05, 0.1) is 4.92 Å². The Labute approximate surface area is 162 Å². The Morgan fingerprint density at radius 3 is 2.61 bits per heavy atom. The molecular formula is C18H18N2O7S. The average molecular weight is 406 g/mol. The number of hydrogen-bond acceptors (Lipinski definition) is 7. The molecule has 3 atom stereocenters. The second-order valence-corrected chi connectivity index (χ2v) is 8.39. The monoisotopic (exact) mass is 406 g/mol. The highest BCUT2D eigenvalue weighted by atomic mass is 32.2. The number of non-ortho nitro benzene ring substituents is 1. The summed E-state index contributed by atoms with van der Waals surface area (Å²) in [5, 5.41) is 24.2. The number of nitrogens with one attached hydrogen (secondary N) is 1. The Balaban J connectivity index is 2.01. The summed E-state index contributed by atoms with van der Waals surface area (Å²) < 4.78 is 18.4. The third-order valence-electron chi connectivity index (χ3n) is 4.54. The van der Waals surface area contributed by atoms with Gasteiger partial charge < -0.3 is 19.7 Å². The Morgan fingerprint density at radius 1 is 1.32 bits per heavy atom. The molecule has 2 heterocycles. The second-order valence-electron chi connectivity index (χ2n) is 6.97. The Kier molecular flexibility index (Phi) is 4.96. The summed E-state index contributed by atoms with van der Waals surface area (Å²) in [7, 11) is -1.89. The first-order valence-electron chi connectivity index (χ1n) is 8.34. The largest absolute Gasteiger partial charge is 0.590 e. The molecule has 9 nitrogen and oxygen atoms in total. The molecule has 0 bridgehead atoms. The maximum atomic E-state index is 12.7. The van der Waals surface area contributed by atoms with Gasteiger partial charge in [0, 0.05) is 30.7 Å². The first-order chi connectivity index (χ1) is 13.0. The van der Waals surface area contributed by atoms with E-state index in [1.54, 1.807) is 13.8 Å². The van der Waals surface area contributed by atoms with Crippen LogP contribution in [0.1, 0.15) is 51.7 Å². The normalized spacial score (nSPS) is 20.7. The van der Waals surface area contributed by atoms with E-state index in [0.717, 1.165) is 6.07 Å². The lowest BCUT2D eigenvalue weighted by Gasteiger charge is -2.39. The fourth-order valence-electron chi connectivity index (χ4n) is 3.05. The van der Waals surface area contributed by atoms with Gasteiger partial charge in [0.1, 0.15) is 17.7 Å². The van der Waals surface area contributed by atoms with Gasteiger partial charge in [-0.15, -0.1) is 0 Å². The molecule has 0 saturated carbocycles. The first kappa shape index (κ1) is 19.9. The molecule has 28 heavy (non-hydrogen) atoms. The summed E-state index contributed by atoms with van der Waals surface area (Å²) in [6.45, 7) is 4.45. The number of Topliss-reactive ketones (excluding diaryl/α,β-unsaturated/α-hetero) is 1. The fraction of sp³-hybridized carbons (Fsp3) is 0.333. The van der Waals surface area contributed by atoms with Crippen molar-refractivity contribution in [2.24, 2.45) is 0 Å². The number of ketones is 1. The number of amides is 1. The summed E-state index contributed by atoms with van der Waals surface area (Å²) in [6.07, 6.45) is -1.27. The van der Waals surface area contributed by atoms with Crippen molar-refractivity contribution in [1.82, 2.24) is 5.32 Å². The minimum absolute atomic E-state index is 0.0105. The summed E-state index contributed by atoms with van der Waals surface area (Å²) in [6, 6.07) is 5.36. The quantitative estimate of drug-likeness (QED) is 0.344. The molecular weight excluding hydrogens is 388 g/mol. The summed E-state index contributed by atoms with van der Waals surface area (Å²) in [4.78, 5) is 34.8. The van der Waals surface area contributed by atoms with Crippen LogP contribution in [-0.4, -0.2) is 38.0 Å². The molecule has 2 aromatic rings. The van der Waals surface area contributed by atoms with E-state index in [-0.39, 0.29) is 26.8 Å². The van der Waals surface area contributed by atoms with Crippen molar-refractivity contribution >= 4 is 28.1 Å². The molecule has 1 aromatic carbocycles. The fourth-order valence-corrected chi connectivity index (χ4v) is 4.47. The van der Waals surface area contributed by atoms with Crippen LogP contribution in [0.3, 0.4) is 0 Å². The van der Waals surface area contributed by atoms with Crippen LogP contribution in [0.25, 0.3) is 0 Å². The zero-order valence-corrected chi connectivity index (χ0v) is 16.1. The zero-order chi connectivity index (χ0) is 20.8. The predicted octanol–water partition coefficient (Wildman–Crippen LogP) is 2.53. The second kappa shape index (κ2) is 6.97. The topological polar surface area (TPSA) is 142 Å². The Hall–Kier alpha value is -2.82. The van der Waals surface area contributed by atoms with Gasteiger partial charge in [0.25, 0.3) is 11.6 Å². The van der Waals surface area contributed by atoms with Gasteiger partial charge in [-0.3, -0.25) is 19.7 Å². The number of nitrogens with zero attached hydrogens (tertiary/aromatic N) is 1. The molecule has 0 saturated heterocycles. The van der Waals surface area contributed by atoms with Crippen molar-refractivity contribution in [3.63, 3.8) is 0 Å². The zero-order valence-electron chi connectivity index (χ0n) is 15.3. The van der Waals surface area contributed by atoms with E-state index in [1.165, 1.54) is 31.2 Å². The van der Waals surface area contributed by atoms with Crippen LogP contribution in [0.15, 0.2) is 30.3 Å². The van der Waals surface area contributed by atoms with E-state index < -0.39 is 45.1 Å². The van der Waals surface area contributed by atoms with Crippen molar-refractivity contribution < 1.29 is 28.9 Å². The number of carbonyl (C=O) groups is 2. The van der Waals surface area contributed by atoms with Gasteiger partial charge in [0.2, 0.25) is 15.5 Å². The molecule has 1 unspecified atom stereocenters. The molecule has 0 radical (unpaired) electrons. The lowest BCUT2D eigenvalue weighted by atomic mass is 9.90. The van der Waals surface area contributed by atoms with Crippen LogP contribution >= 0.6 is 10.8 Å².